The predicted molar refractivity (Wildman–Crippen MR) is 53.8 cm³/mol. The maximum Gasteiger partial charge on any atom is 0.235 e. The van der Waals surface area contributed by atoms with Crippen LogP contribution in [0, 0.1) is 5.92 Å². The first-order valence-electron chi connectivity index (χ1n) is 4.66. The van der Waals surface area contributed by atoms with Gasteiger partial charge in [0.05, 0.1) is 6.10 Å². The van der Waals surface area contributed by atoms with Gasteiger partial charge in [-0.2, -0.15) is 0 Å². The first-order chi connectivity index (χ1) is 6.15. The summed E-state index contributed by atoms with van der Waals surface area (Å²) in [5.74, 6) is -0.0161. The second kappa shape index (κ2) is 7.15. The van der Waals surface area contributed by atoms with Crippen LogP contribution >= 0.6 is 11.6 Å². The highest BCUT2D eigenvalue weighted by Gasteiger charge is 2.15. The van der Waals surface area contributed by atoms with E-state index in [4.69, 9.17) is 11.6 Å². The van der Waals surface area contributed by atoms with Crippen LogP contribution in [0.1, 0.15) is 26.7 Å². The zero-order valence-corrected chi connectivity index (χ0v) is 8.97. The predicted octanol–water partition coefficient (Wildman–Crippen LogP) is 1.14. The summed E-state index contributed by atoms with van der Waals surface area (Å²) in [7, 11) is 0. The van der Waals surface area contributed by atoms with Gasteiger partial charge in [-0.3, -0.25) is 4.79 Å². The summed E-state index contributed by atoms with van der Waals surface area (Å²) in [6.07, 6.45) is 1.39. The van der Waals surface area contributed by atoms with Crippen molar-refractivity contribution in [2.75, 3.05) is 12.4 Å². The Morgan fingerprint density at radius 3 is 2.38 bits per heavy atom. The third-order valence-electron chi connectivity index (χ3n) is 2.22. The molecule has 3 nitrogen and oxygen atoms in total. The zero-order chi connectivity index (χ0) is 10.3. The van der Waals surface area contributed by atoms with Crippen LogP contribution in [0.4, 0.5) is 0 Å². The molecule has 0 saturated heterocycles. The van der Waals surface area contributed by atoms with Crippen molar-refractivity contribution >= 4 is 17.5 Å². The van der Waals surface area contributed by atoms with E-state index in [1.807, 2.05) is 13.8 Å². The van der Waals surface area contributed by atoms with Crippen molar-refractivity contribution in [1.29, 1.82) is 0 Å². The van der Waals surface area contributed by atoms with Gasteiger partial charge in [-0.05, 0) is 5.92 Å². The van der Waals surface area contributed by atoms with Crippen LogP contribution in [0.25, 0.3) is 0 Å². The number of aliphatic hydroxyl groups excluding tert-OH is 1. The van der Waals surface area contributed by atoms with Gasteiger partial charge in [0.1, 0.15) is 5.88 Å². The van der Waals surface area contributed by atoms with Gasteiger partial charge in [-0.15, -0.1) is 11.6 Å². The van der Waals surface area contributed by atoms with Crippen LogP contribution in [0.2, 0.25) is 0 Å². The summed E-state index contributed by atoms with van der Waals surface area (Å²) in [5, 5.41) is 12.2. The Balaban J connectivity index is 3.71. The lowest BCUT2D eigenvalue weighted by atomic mass is 9.97. The summed E-state index contributed by atoms with van der Waals surface area (Å²) < 4.78 is 0. The maximum atomic E-state index is 10.8. The van der Waals surface area contributed by atoms with Crippen LogP contribution in [0.5, 0.6) is 0 Å². The number of carbonyl (C=O) groups excluding carboxylic acids is 1. The Labute approximate surface area is 84.5 Å². The molecule has 0 aromatic carbocycles. The van der Waals surface area contributed by atoms with Crippen molar-refractivity contribution in [2.45, 2.75) is 32.8 Å². The van der Waals surface area contributed by atoms with Crippen LogP contribution in [0.3, 0.4) is 0 Å². The second-order valence-electron chi connectivity index (χ2n) is 3.08. The molecule has 0 bridgehead atoms. The summed E-state index contributed by atoms with van der Waals surface area (Å²) in [6, 6.07) is 0. The lowest BCUT2D eigenvalue weighted by Crippen LogP contribution is -2.36. The highest BCUT2D eigenvalue weighted by atomic mass is 35.5. The van der Waals surface area contributed by atoms with Crippen molar-refractivity contribution < 1.29 is 9.90 Å². The Bertz CT molecular complexity index is 149. The molecule has 0 aliphatic rings. The Morgan fingerprint density at radius 2 is 2.00 bits per heavy atom. The molecule has 0 aliphatic carbocycles. The highest BCUT2D eigenvalue weighted by molar-refractivity contribution is 6.27. The van der Waals surface area contributed by atoms with Crippen molar-refractivity contribution in [2.24, 2.45) is 5.92 Å². The molecule has 0 spiro atoms. The van der Waals surface area contributed by atoms with Crippen molar-refractivity contribution in [3.63, 3.8) is 0 Å². The molecule has 0 heterocycles. The molecule has 13 heavy (non-hydrogen) atoms. The monoisotopic (exact) mass is 207 g/mol. The van der Waals surface area contributed by atoms with Crippen molar-refractivity contribution in [3.8, 4) is 0 Å². The summed E-state index contributed by atoms with van der Waals surface area (Å²) >= 11 is 5.29. The zero-order valence-electron chi connectivity index (χ0n) is 8.22. The minimum atomic E-state index is -0.456. The number of hydrogen-bond donors (Lipinski definition) is 2. The molecule has 0 aromatic heterocycles. The first kappa shape index (κ1) is 12.7. The van der Waals surface area contributed by atoms with Gasteiger partial charge < -0.3 is 10.4 Å². The minimum absolute atomic E-state index is 0.0460. The molecule has 0 fully saturated rings. The molecule has 78 valence electrons. The van der Waals surface area contributed by atoms with Gasteiger partial charge in [-0.1, -0.05) is 26.7 Å². The molecule has 4 heteroatoms. The van der Waals surface area contributed by atoms with E-state index in [-0.39, 0.29) is 17.7 Å². The average Bonchev–Trinajstić information content (AvgIpc) is 2.16. The highest BCUT2D eigenvalue weighted by Crippen LogP contribution is 2.11. The smallest absolute Gasteiger partial charge is 0.235 e. The molecule has 2 N–H and O–H groups in total. The number of amides is 1. The molecule has 1 unspecified atom stereocenters. The molecule has 0 rings (SSSR count). The molecule has 0 aromatic rings. The molecule has 0 radical (unpaired) electrons. The number of alkyl halides is 1. The average molecular weight is 208 g/mol. The van der Waals surface area contributed by atoms with Gasteiger partial charge in [-0.25, -0.2) is 0 Å². The van der Waals surface area contributed by atoms with E-state index in [0.29, 0.717) is 6.54 Å². The third-order valence-corrected chi connectivity index (χ3v) is 2.47. The number of aliphatic hydroxyl groups is 1. The van der Waals surface area contributed by atoms with Gasteiger partial charge in [0.25, 0.3) is 0 Å². The van der Waals surface area contributed by atoms with Gasteiger partial charge in [0.15, 0.2) is 0 Å². The van der Waals surface area contributed by atoms with E-state index in [1.165, 1.54) is 0 Å². The van der Waals surface area contributed by atoms with Crippen molar-refractivity contribution in [1.82, 2.24) is 5.32 Å². The fourth-order valence-corrected chi connectivity index (χ4v) is 1.36. The summed E-state index contributed by atoms with van der Waals surface area (Å²) in [5.41, 5.74) is 0. The number of rotatable bonds is 6. The lowest BCUT2D eigenvalue weighted by Gasteiger charge is -2.19. The number of carbonyl (C=O) groups is 1. The van der Waals surface area contributed by atoms with E-state index >= 15 is 0 Å². The van der Waals surface area contributed by atoms with E-state index in [1.54, 1.807) is 0 Å². The SMILES string of the molecule is CCC(CC)C(O)CNC(=O)CCl. The summed E-state index contributed by atoms with van der Waals surface area (Å²) in [4.78, 5) is 10.8. The van der Waals surface area contributed by atoms with Crippen LogP contribution in [-0.4, -0.2) is 29.5 Å². The first-order valence-corrected chi connectivity index (χ1v) is 5.19. The standard InChI is InChI=1S/C9H18ClNO2/c1-3-7(4-2)8(12)6-11-9(13)5-10/h7-8,12H,3-6H2,1-2H3,(H,11,13). The Kier molecular flexibility index (Phi) is 7.00. The molecular weight excluding hydrogens is 190 g/mol. The topological polar surface area (TPSA) is 49.3 Å². The lowest BCUT2D eigenvalue weighted by molar-refractivity contribution is -0.119. The van der Waals surface area contributed by atoms with Crippen LogP contribution in [-0.2, 0) is 4.79 Å². The molecular formula is C9H18ClNO2. The van der Waals surface area contributed by atoms with E-state index in [2.05, 4.69) is 5.32 Å². The maximum absolute atomic E-state index is 10.8. The van der Waals surface area contributed by atoms with Gasteiger partial charge in [0.2, 0.25) is 5.91 Å². The quantitative estimate of drug-likeness (QED) is 0.642. The number of hydrogen-bond acceptors (Lipinski definition) is 2. The van der Waals surface area contributed by atoms with Gasteiger partial charge >= 0.3 is 0 Å². The Morgan fingerprint density at radius 1 is 1.46 bits per heavy atom. The van der Waals surface area contributed by atoms with E-state index in [0.717, 1.165) is 12.8 Å². The normalized spacial score (nSPS) is 13.0. The fourth-order valence-electron chi connectivity index (χ4n) is 1.27. The minimum Gasteiger partial charge on any atom is -0.391 e. The van der Waals surface area contributed by atoms with Crippen LogP contribution < -0.4 is 5.32 Å². The molecule has 0 aliphatic heterocycles. The third kappa shape index (κ3) is 5.11. The fraction of sp³-hybridized carbons (Fsp3) is 0.889. The van der Waals surface area contributed by atoms with E-state index in [9.17, 15) is 9.90 Å². The van der Waals surface area contributed by atoms with Crippen LogP contribution in [0.15, 0.2) is 0 Å². The molecule has 1 amide bonds. The summed E-state index contributed by atoms with van der Waals surface area (Å²) in [6.45, 7) is 4.36. The molecule has 0 saturated carbocycles. The van der Waals surface area contributed by atoms with Gasteiger partial charge in [0, 0.05) is 6.54 Å². The van der Waals surface area contributed by atoms with Crippen molar-refractivity contribution in [3.05, 3.63) is 0 Å². The molecule has 1 atom stereocenters. The number of halogens is 1. The van der Waals surface area contributed by atoms with E-state index < -0.39 is 6.10 Å². The Hall–Kier alpha value is -0.280. The second-order valence-corrected chi connectivity index (χ2v) is 3.35. The largest absolute Gasteiger partial charge is 0.391 e. The number of nitrogens with one attached hydrogen (secondary N) is 1.